The molecule has 34 heavy (non-hydrogen) atoms. The van der Waals surface area contributed by atoms with E-state index in [4.69, 9.17) is 10.5 Å². The smallest absolute Gasteiger partial charge is 0.340 e. The molecule has 0 saturated carbocycles. The molecule has 1 heterocycles. The molecule has 3 aromatic rings. The molecule has 4 heteroatoms. The Labute approximate surface area is 204 Å². The minimum atomic E-state index is -0.591. The first-order valence-corrected chi connectivity index (χ1v) is 12.2. The maximum absolute atomic E-state index is 13.2. The third kappa shape index (κ3) is 6.12. The van der Waals surface area contributed by atoms with Crippen molar-refractivity contribution < 1.29 is 9.53 Å². The van der Waals surface area contributed by atoms with E-state index in [-0.39, 0.29) is 5.97 Å². The van der Waals surface area contributed by atoms with Gasteiger partial charge in [0.2, 0.25) is 0 Å². The Morgan fingerprint density at radius 1 is 1.06 bits per heavy atom. The second kappa shape index (κ2) is 11.0. The van der Waals surface area contributed by atoms with E-state index in [1.165, 1.54) is 27.8 Å². The molecule has 0 aliphatic carbocycles. The van der Waals surface area contributed by atoms with Crippen LogP contribution in [0.1, 0.15) is 79.7 Å². The van der Waals surface area contributed by atoms with Gasteiger partial charge in [0.15, 0.2) is 0 Å². The summed E-state index contributed by atoms with van der Waals surface area (Å²) >= 11 is 0. The van der Waals surface area contributed by atoms with Crippen molar-refractivity contribution in [2.24, 2.45) is 11.7 Å². The van der Waals surface area contributed by atoms with Gasteiger partial charge in [-0.2, -0.15) is 0 Å². The Hall–Kier alpha value is -2.98. The van der Waals surface area contributed by atoms with Crippen LogP contribution in [0.5, 0.6) is 0 Å². The van der Waals surface area contributed by atoms with E-state index in [0.717, 1.165) is 30.4 Å². The first-order valence-electron chi connectivity index (χ1n) is 12.2. The van der Waals surface area contributed by atoms with Gasteiger partial charge in [-0.1, -0.05) is 57.2 Å². The van der Waals surface area contributed by atoms with E-state index in [1.54, 1.807) is 12.4 Å². The lowest BCUT2D eigenvalue weighted by atomic mass is 9.81. The number of pyridine rings is 1. The average molecular weight is 459 g/mol. The Bertz CT molecular complexity index is 1130. The molecule has 0 saturated heterocycles. The maximum atomic E-state index is 13.2. The van der Waals surface area contributed by atoms with Crippen LogP contribution in [0.2, 0.25) is 0 Å². The second-order valence-corrected chi connectivity index (χ2v) is 10.3. The van der Waals surface area contributed by atoms with Crippen molar-refractivity contribution in [3.63, 3.8) is 0 Å². The summed E-state index contributed by atoms with van der Waals surface area (Å²) in [6.45, 7) is 12.7. The van der Waals surface area contributed by atoms with Gasteiger partial charge in [-0.25, -0.2) is 4.79 Å². The van der Waals surface area contributed by atoms with E-state index in [2.05, 4.69) is 56.1 Å². The Balaban J connectivity index is 2.33. The number of aromatic nitrogens is 1. The van der Waals surface area contributed by atoms with Crippen molar-refractivity contribution in [2.45, 2.75) is 73.0 Å². The van der Waals surface area contributed by atoms with E-state index >= 15 is 0 Å². The molecule has 0 spiro atoms. The van der Waals surface area contributed by atoms with Crippen molar-refractivity contribution in [3.05, 3.63) is 88.2 Å². The first-order chi connectivity index (χ1) is 16.1. The quantitative estimate of drug-likeness (QED) is 0.391. The highest BCUT2D eigenvalue weighted by molar-refractivity contribution is 5.98. The van der Waals surface area contributed by atoms with Gasteiger partial charge < -0.3 is 10.5 Å². The number of hydrogen-bond acceptors (Lipinski definition) is 4. The van der Waals surface area contributed by atoms with E-state index in [1.807, 2.05) is 32.9 Å². The van der Waals surface area contributed by atoms with Gasteiger partial charge in [0, 0.05) is 18.9 Å². The Morgan fingerprint density at radius 2 is 1.76 bits per heavy atom. The largest absolute Gasteiger partial charge is 0.456 e. The molecule has 0 bridgehead atoms. The molecule has 0 fully saturated rings. The number of rotatable bonds is 8. The van der Waals surface area contributed by atoms with Crippen LogP contribution in [0.15, 0.2) is 54.9 Å². The summed E-state index contributed by atoms with van der Waals surface area (Å²) in [7, 11) is 0. The molecule has 2 N–H and O–H groups in total. The first kappa shape index (κ1) is 25.6. The average Bonchev–Trinajstić information content (AvgIpc) is 2.78. The van der Waals surface area contributed by atoms with Gasteiger partial charge >= 0.3 is 5.97 Å². The summed E-state index contributed by atoms with van der Waals surface area (Å²) in [5, 5.41) is 0. The lowest BCUT2D eigenvalue weighted by Gasteiger charge is -2.25. The molecule has 3 rings (SSSR count). The molecule has 0 radical (unpaired) electrons. The van der Waals surface area contributed by atoms with E-state index in [0.29, 0.717) is 18.0 Å². The van der Waals surface area contributed by atoms with Crippen molar-refractivity contribution in [1.82, 2.24) is 4.98 Å². The monoisotopic (exact) mass is 458 g/mol. The number of benzene rings is 2. The number of hydrogen-bond donors (Lipinski definition) is 1. The number of nitrogens with zero attached hydrogens (tertiary/aromatic N) is 1. The third-order valence-corrected chi connectivity index (χ3v) is 5.87. The zero-order valence-electron chi connectivity index (χ0n) is 21.4. The van der Waals surface area contributed by atoms with Gasteiger partial charge in [0.1, 0.15) is 5.60 Å². The van der Waals surface area contributed by atoms with Gasteiger partial charge in [0.05, 0.1) is 5.56 Å². The SMILES string of the molecule is CCc1cc(Cc2ccccc2)c(-c2ccncc2C(=O)OC(C)(C)C)c(CC(C)C)c1CN. The summed E-state index contributed by atoms with van der Waals surface area (Å²) in [5.41, 5.74) is 14.3. The number of esters is 1. The van der Waals surface area contributed by atoms with Crippen LogP contribution in [0.4, 0.5) is 0 Å². The second-order valence-electron chi connectivity index (χ2n) is 10.3. The van der Waals surface area contributed by atoms with Crippen LogP contribution in [0, 0.1) is 5.92 Å². The van der Waals surface area contributed by atoms with E-state index in [9.17, 15) is 4.79 Å². The van der Waals surface area contributed by atoms with Crippen molar-refractivity contribution in [2.75, 3.05) is 0 Å². The fraction of sp³-hybridized carbons (Fsp3) is 0.400. The summed E-state index contributed by atoms with van der Waals surface area (Å²) < 4.78 is 5.76. The number of carbonyl (C=O) groups is 1. The van der Waals surface area contributed by atoms with Crippen LogP contribution < -0.4 is 5.73 Å². The third-order valence-electron chi connectivity index (χ3n) is 5.87. The summed E-state index contributed by atoms with van der Waals surface area (Å²) in [4.78, 5) is 17.5. The Morgan fingerprint density at radius 3 is 2.35 bits per heavy atom. The van der Waals surface area contributed by atoms with Crippen molar-refractivity contribution >= 4 is 5.97 Å². The van der Waals surface area contributed by atoms with Gasteiger partial charge in [0.25, 0.3) is 0 Å². The molecule has 0 aliphatic heterocycles. The van der Waals surface area contributed by atoms with Crippen LogP contribution >= 0.6 is 0 Å². The molecular weight excluding hydrogens is 420 g/mol. The molecule has 4 nitrogen and oxygen atoms in total. The summed E-state index contributed by atoms with van der Waals surface area (Å²) in [6, 6.07) is 14.7. The predicted molar refractivity (Wildman–Crippen MR) is 140 cm³/mol. The predicted octanol–water partition coefficient (Wildman–Crippen LogP) is 6.51. The van der Waals surface area contributed by atoms with Crippen LogP contribution in [-0.4, -0.2) is 16.6 Å². The number of aryl methyl sites for hydroxylation is 1. The van der Waals surface area contributed by atoms with Gasteiger partial charge in [-0.05, 0) is 91.0 Å². The molecule has 0 unspecified atom stereocenters. The number of ether oxygens (including phenoxy) is 1. The number of carbonyl (C=O) groups excluding carboxylic acids is 1. The highest BCUT2D eigenvalue weighted by atomic mass is 16.6. The van der Waals surface area contributed by atoms with Crippen LogP contribution in [0.3, 0.4) is 0 Å². The fourth-order valence-electron chi connectivity index (χ4n) is 4.51. The fourth-order valence-corrected chi connectivity index (χ4v) is 4.51. The molecule has 2 aromatic carbocycles. The molecule has 180 valence electrons. The topological polar surface area (TPSA) is 65.2 Å². The Kier molecular flexibility index (Phi) is 8.27. The minimum absolute atomic E-state index is 0.356. The van der Waals surface area contributed by atoms with Gasteiger partial charge in [-0.15, -0.1) is 0 Å². The van der Waals surface area contributed by atoms with Crippen molar-refractivity contribution in [3.8, 4) is 11.1 Å². The summed E-state index contributed by atoms with van der Waals surface area (Å²) in [5.74, 6) is 0.0816. The highest BCUT2D eigenvalue weighted by Gasteiger charge is 2.25. The standard InChI is InChI=1S/C30H38N2O2/c1-7-22-17-23(16-21-11-9-8-10-12-21)28(25(15-20(2)3)26(22)18-31)24-13-14-32-19-27(24)29(33)34-30(4,5)6/h8-14,17,19-20H,7,15-16,18,31H2,1-6H3. The normalized spacial score (nSPS) is 11.6. The highest BCUT2D eigenvalue weighted by Crippen LogP contribution is 2.37. The molecule has 0 aliphatic rings. The van der Waals surface area contributed by atoms with Crippen LogP contribution in [-0.2, 0) is 30.5 Å². The zero-order valence-corrected chi connectivity index (χ0v) is 21.4. The molecule has 0 atom stereocenters. The molecule has 1 aromatic heterocycles. The number of nitrogens with two attached hydrogens (primary N) is 1. The molecular formula is C30H38N2O2. The minimum Gasteiger partial charge on any atom is -0.456 e. The zero-order chi connectivity index (χ0) is 24.9. The van der Waals surface area contributed by atoms with Crippen LogP contribution in [0.25, 0.3) is 11.1 Å². The van der Waals surface area contributed by atoms with E-state index < -0.39 is 5.60 Å². The van der Waals surface area contributed by atoms with Crippen molar-refractivity contribution in [1.29, 1.82) is 0 Å². The summed E-state index contributed by atoms with van der Waals surface area (Å²) in [6.07, 6.45) is 5.95. The lowest BCUT2D eigenvalue weighted by molar-refractivity contribution is 0.00700. The lowest BCUT2D eigenvalue weighted by Crippen LogP contribution is -2.24. The van der Waals surface area contributed by atoms with Gasteiger partial charge in [-0.3, -0.25) is 4.98 Å². The molecule has 0 amide bonds. The maximum Gasteiger partial charge on any atom is 0.340 e.